The summed E-state index contributed by atoms with van der Waals surface area (Å²) in [5.74, 6) is -0.135. The SMILES string of the molecule is CCC/C=C/C(O)C(CO)NC(=O)CCC. The third-order valence-corrected chi connectivity index (χ3v) is 2.22. The second kappa shape index (κ2) is 9.36. The summed E-state index contributed by atoms with van der Waals surface area (Å²) < 4.78 is 0. The van der Waals surface area contributed by atoms with Gasteiger partial charge < -0.3 is 15.5 Å². The molecular weight excluding hydrogens is 206 g/mol. The standard InChI is InChI=1S/C12H23NO3/c1-3-5-6-8-11(15)10(9-14)13-12(16)7-4-2/h6,8,10-11,14-15H,3-5,7,9H2,1-2H3,(H,13,16)/b8-6+. The Hall–Kier alpha value is -0.870. The highest BCUT2D eigenvalue weighted by atomic mass is 16.3. The van der Waals surface area contributed by atoms with E-state index < -0.39 is 12.1 Å². The predicted molar refractivity (Wildman–Crippen MR) is 64.0 cm³/mol. The molecule has 0 saturated heterocycles. The van der Waals surface area contributed by atoms with Gasteiger partial charge in [0, 0.05) is 6.42 Å². The largest absolute Gasteiger partial charge is 0.394 e. The van der Waals surface area contributed by atoms with E-state index in [-0.39, 0.29) is 12.5 Å². The average Bonchev–Trinajstić information content (AvgIpc) is 2.26. The van der Waals surface area contributed by atoms with Crippen LogP contribution in [0, 0.1) is 0 Å². The number of nitrogens with one attached hydrogen (secondary N) is 1. The molecule has 0 aliphatic heterocycles. The molecule has 3 N–H and O–H groups in total. The van der Waals surface area contributed by atoms with Crippen LogP contribution in [0.1, 0.15) is 39.5 Å². The molecule has 0 bridgehead atoms. The Balaban J connectivity index is 4.10. The van der Waals surface area contributed by atoms with Crippen molar-refractivity contribution >= 4 is 5.91 Å². The highest BCUT2D eigenvalue weighted by molar-refractivity contribution is 5.76. The van der Waals surface area contributed by atoms with Crippen LogP contribution in [-0.4, -0.2) is 34.9 Å². The Morgan fingerprint density at radius 2 is 2.06 bits per heavy atom. The second-order valence-electron chi connectivity index (χ2n) is 3.81. The summed E-state index contributed by atoms with van der Waals surface area (Å²) in [6.45, 7) is 3.70. The van der Waals surface area contributed by atoms with Crippen molar-refractivity contribution in [3.63, 3.8) is 0 Å². The third-order valence-electron chi connectivity index (χ3n) is 2.22. The number of carbonyl (C=O) groups is 1. The lowest BCUT2D eigenvalue weighted by Crippen LogP contribution is -2.45. The minimum absolute atomic E-state index is 0.135. The number of unbranched alkanes of at least 4 members (excludes halogenated alkanes) is 1. The molecule has 94 valence electrons. The summed E-state index contributed by atoms with van der Waals surface area (Å²) in [4.78, 5) is 11.3. The molecular formula is C12H23NO3. The van der Waals surface area contributed by atoms with Crippen LogP contribution in [0.25, 0.3) is 0 Å². The smallest absolute Gasteiger partial charge is 0.220 e. The molecule has 0 aromatic carbocycles. The van der Waals surface area contributed by atoms with E-state index >= 15 is 0 Å². The molecule has 0 radical (unpaired) electrons. The Bertz CT molecular complexity index is 216. The monoisotopic (exact) mass is 229 g/mol. The zero-order valence-corrected chi connectivity index (χ0v) is 10.1. The van der Waals surface area contributed by atoms with Gasteiger partial charge in [-0.2, -0.15) is 0 Å². The average molecular weight is 229 g/mol. The van der Waals surface area contributed by atoms with Crippen molar-refractivity contribution in [2.45, 2.75) is 51.7 Å². The lowest BCUT2D eigenvalue weighted by atomic mass is 10.1. The number of allylic oxidation sites excluding steroid dienone is 1. The Morgan fingerprint density at radius 1 is 1.38 bits per heavy atom. The third kappa shape index (κ3) is 6.58. The first-order valence-corrected chi connectivity index (χ1v) is 5.90. The summed E-state index contributed by atoms with van der Waals surface area (Å²) in [7, 11) is 0. The fourth-order valence-electron chi connectivity index (χ4n) is 1.28. The van der Waals surface area contributed by atoms with Crippen molar-refractivity contribution in [3.05, 3.63) is 12.2 Å². The summed E-state index contributed by atoms with van der Waals surface area (Å²) in [5, 5.41) is 21.4. The zero-order chi connectivity index (χ0) is 12.4. The predicted octanol–water partition coefficient (Wildman–Crippen LogP) is 0.981. The molecule has 0 aliphatic rings. The van der Waals surface area contributed by atoms with Gasteiger partial charge in [0.05, 0.1) is 18.8 Å². The number of hydrogen-bond acceptors (Lipinski definition) is 3. The van der Waals surface area contributed by atoms with Crippen molar-refractivity contribution in [2.75, 3.05) is 6.61 Å². The van der Waals surface area contributed by atoms with E-state index in [9.17, 15) is 9.90 Å². The van der Waals surface area contributed by atoms with Crippen LogP contribution in [-0.2, 0) is 4.79 Å². The fraction of sp³-hybridized carbons (Fsp3) is 0.750. The van der Waals surface area contributed by atoms with E-state index in [1.54, 1.807) is 6.08 Å². The van der Waals surface area contributed by atoms with Crippen molar-refractivity contribution < 1.29 is 15.0 Å². The van der Waals surface area contributed by atoms with Crippen LogP contribution in [0.2, 0.25) is 0 Å². The van der Waals surface area contributed by atoms with Gasteiger partial charge in [0.25, 0.3) is 0 Å². The highest BCUT2D eigenvalue weighted by Crippen LogP contribution is 1.99. The molecule has 4 heteroatoms. The number of aliphatic hydroxyl groups is 2. The molecule has 0 saturated carbocycles. The molecule has 0 aromatic heterocycles. The van der Waals surface area contributed by atoms with Crippen molar-refractivity contribution in [2.24, 2.45) is 0 Å². The Kier molecular flexibility index (Phi) is 8.85. The van der Waals surface area contributed by atoms with Gasteiger partial charge in [-0.3, -0.25) is 4.79 Å². The molecule has 0 heterocycles. The molecule has 2 unspecified atom stereocenters. The molecule has 4 nitrogen and oxygen atoms in total. The summed E-state index contributed by atoms with van der Waals surface area (Å²) in [5.41, 5.74) is 0. The summed E-state index contributed by atoms with van der Waals surface area (Å²) in [6, 6.07) is -0.604. The quantitative estimate of drug-likeness (QED) is 0.543. The molecule has 0 aromatic rings. The van der Waals surface area contributed by atoms with Crippen LogP contribution >= 0.6 is 0 Å². The van der Waals surface area contributed by atoms with E-state index in [1.165, 1.54) is 0 Å². The first-order chi connectivity index (χ1) is 7.65. The maximum atomic E-state index is 11.3. The van der Waals surface area contributed by atoms with Gasteiger partial charge in [-0.15, -0.1) is 0 Å². The van der Waals surface area contributed by atoms with Crippen molar-refractivity contribution in [1.82, 2.24) is 5.32 Å². The van der Waals surface area contributed by atoms with Crippen LogP contribution < -0.4 is 5.32 Å². The molecule has 0 rings (SSSR count). The van der Waals surface area contributed by atoms with Gasteiger partial charge >= 0.3 is 0 Å². The van der Waals surface area contributed by atoms with E-state index in [0.29, 0.717) is 6.42 Å². The first-order valence-electron chi connectivity index (χ1n) is 5.90. The lowest BCUT2D eigenvalue weighted by Gasteiger charge is -2.19. The number of amides is 1. The molecule has 1 amide bonds. The van der Waals surface area contributed by atoms with Crippen LogP contribution in [0.3, 0.4) is 0 Å². The van der Waals surface area contributed by atoms with Crippen LogP contribution in [0.5, 0.6) is 0 Å². The molecule has 2 atom stereocenters. The number of carbonyl (C=O) groups excluding carboxylic acids is 1. The maximum Gasteiger partial charge on any atom is 0.220 e. The normalized spacial score (nSPS) is 15.0. The van der Waals surface area contributed by atoms with Gasteiger partial charge in [0.2, 0.25) is 5.91 Å². The van der Waals surface area contributed by atoms with Gasteiger partial charge in [0.1, 0.15) is 0 Å². The molecule has 0 aliphatic carbocycles. The molecule has 0 spiro atoms. The highest BCUT2D eigenvalue weighted by Gasteiger charge is 2.17. The first kappa shape index (κ1) is 15.1. The van der Waals surface area contributed by atoms with Crippen LogP contribution in [0.15, 0.2) is 12.2 Å². The number of aliphatic hydroxyl groups excluding tert-OH is 2. The van der Waals surface area contributed by atoms with Gasteiger partial charge in [-0.25, -0.2) is 0 Å². The van der Waals surface area contributed by atoms with Gasteiger partial charge in [-0.05, 0) is 12.8 Å². The van der Waals surface area contributed by atoms with E-state index in [1.807, 2.05) is 19.9 Å². The molecule has 0 fully saturated rings. The van der Waals surface area contributed by atoms with Gasteiger partial charge in [-0.1, -0.05) is 32.4 Å². The number of hydrogen-bond donors (Lipinski definition) is 3. The summed E-state index contributed by atoms with van der Waals surface area (Å²) >= 11 is 0. The van der Waals surface area contributed by atoms with Crippen LogP contribution in [0.4, 0.5) is 0 Å². The molecule has 16 heavy (non-hydrogen) atoms. The van der Waals surface area contributed by atoms with E-state index in [4.69, 9.17) is 5.11 Å². The van der Waals surface area contributed by atoms with Crippen molar-refractivity contribution in [3.8, 4) is 0 Å². The lowest BCUT2D eigenvalue weighted by molar-refractivity contribution is -0.122. The number of rotatable bonds is 8. The topological polar surface area (TPSA) is 69.6 Å². The van der Waals surface area contributed by atoms with Crippen molar-refractivity contribution in [1.29, 1.82) is 0 Å². The minimum atomic E-state index is -0.822. The fourth-order valence-corrected chi connectivity index (χ4v) is 1.28. The maximum absolute atomic E-state index is 11.3. The van der Waals surface area contributed by atoms with Gasteiger partial charge in [0.15, 0.2) is 0 Å². The Labute approximate surface area is 97.4 Å². The second-order valence-corrected chi connectivity index (χ2v) is 3.81. The summed E-state index contributed by atoms with van der Waals surface area (Å²) in [6.07, 6.45) is 5.73. The van der Waals surface area contributed by atoms with E-state index in [2.05, 4.69) is 5.32 Å². The minimum Gasteiger partial charge on any atom is -0.394 e. The Morgan fingerprint density at radius 3 is 2.56 bits per heavy atom. The van der Waals surface area contributed by atoms with E-state index in [0.717, 1.165) is 19.3 Å². The zero-order valence-electron chi connectivity index (χ0n) is 10.1.